The summed E-state index contributed by atoms with van der Waals surface area (Å²) in [6, 6.07) is 0. The molecule has 3 nitrogen and oxygen atoms in total. The van der Waals surface area contributed by atoms with Crippen LogP contribution < -0.4 is 5.73 Å². The van der Waals surface area contributed by atoms with E-state index in [1.807, 2.05) is 13.8 Å². The van der Waals surface area contributed by atoms with Crippen molar-refractivity contribution < 1.29 is 0 Å². The Bertz CT molecular complexity index is 314. The Hall–Kier alpha value is -1.12. The van der Waals surface area contributed by atoms with E-state index in [1.54, 1.807) is 0 Å². The maximum absolute atomic E-state index is 5.79. The van der Waals surface area contributed by atoms with Crippen LogP contribution in [-0.2, 0) is 6.42 Å². The molecule has 2 N–H and O–H groups in total. The van der Waals surface area contributed by atoms with Crippen molar-refractivity contribution in [1.29, 1.82) is 0 Å². The van der Waals surface area contributed by atoms with Crippen molar-refractivity contribution in [3.63, 3.8) is 0 Å². The first-order chi connectivity index (χ1) is 6.29. The van der Waals surface area contributed by atoms with Gasteiger partial charge in [0.25, 0.3) is 0 Å². The van der Waals surface area contributed by atoms with E-state index in [2.05, 4.69) is 30.7 Å². The number of hydrogen-bond acceptors (Lipinski definition) is 3. The minimum absolute atomic E-state index is 0.203. The molecule has 0 radical (unpaired) electrons. The van der Waals surface area contributed by atoms with Crippen LogP contribution in [0.5, 0.6) is 0 Å². The summed E-state index contributed by atoms with van der Waals surface area (Å²) in [6.07, 6.45) is 0.859. The van der Waals surface area contributed by atoms with Gasteiger partial charge in [-0.1, -0.05) is 20.8 Å². The fourth-order valence-electron chi connectivity index (χ4n) is 1.26. The molecule has 1 rings (SSSR count). The highest BCUT2D eigenvalue weighted by Gasteiger charge is 2.14. The summed E-state index contributed by atoms with van der Waals surface area (Å²) in [7, 11) is 0. The van der Waals surface area contributed by atoms with Crippen molar-refractivity contribution in [2.75, 3.05) is 5.73 Å². The SMILES string of the molecule is Cc1nc(CC(C)(C)C)nc(N)c1C. The summed E-state index contributed by atoms with van der Waals surface area (Å²) < 4.78 is 0. The molecule has 0 unspecified atom stereocenters. The maximum atomic E-state index is 5.79. The first kappa shape index (κ1) is 11.0. The van der Waals surface area contributed by atoms with E-state index in [4.69, 9.17) is 5.73 Å². The van der Waals surface area contributed by atoms with Gasteiger partial charge in [-0.15, -0.1) is 0 Å². The summed E-state index contributed by atoms with van der Waals surface area (Å²) in [5.74, 6) is 1.45. The molecule has 14 heavy (non-hydrogen) atoms. The predicted molar refractivity (Wildman–Crippen MR) is 59.1 cm³/mol. The van der Waals surface area contributed by atoms with Crippen LogP contribution in [-0.4, -0.2) is 9.97 Å². The van der Waals surface area contributed by atoms with Gasteiger partial charge in [-0.3, -0.25) is 0 Å². The van der Waals surface area contributed by atoms with Gasteiger partial charge in [0.2, 0.25) is 0 Å². The molecule has 1 aromatic heterocycles. The van der Waals surface area contributed by atoms with E-state index in [0.29, 0.717) is 5.82 Å². The monoisotopic (exact) mass is 193 g/mol. The van der Waals surface area contributed by atoms with Gasteiger partial charge in [-0.05, 0) is 19.3 Å². The van der Waals surface area contributed by atoms with Crippen LogP contribution in [0.15, 0.2) is 0 Å². The summed E-state index contributed by atoms with van der Waals surface area (Å²) in [4.78, 5) is 8.71. The minimum atomic E-state index is 0.203. The number of anilines is 1. The second kappa shape index (κ2) is 3.56. The molecule has 0 atom stereocenters. The maximum Gasteiger partial charge on any atom is 0.131 e. The standard InChI is InChI=1S/C11H19N3/c1-7-8(2)13-9(14-10(7)12)6-11(3,4)5/h6H2,1-5H3,(H2,12,13,14). The average Bonchev–Trinajstić information content (AvgIpc) is 1.96. The van der Waals surface area contributed by atoms with Crippen molar-refractivity contribution in [3.05, 3.63) is 17.1 Å². The molecular formula is C11H19N3. The lowest BCUT2D eigenvalue weighted by atomic mass is 9.92. The number of nitrogens with zero attached hydrogens (tertiary/aromatic N) is 2. The molecule has 0 aliphatic heterocycles. The van der Waals surface area contributed by atoms with Crippen molar-refractivity contribution in [1.82, 2.24) is 9.97 Å². The third-order valence-corrected chi connectivity index (χ3v) is 2.16. The number of hydrogen-bond donors (Lipinski definition) is 1. The highest BCUT2D eigenvalue weighted by atomic mass is 15.0. The second-order valence-electron chi connectivity index (χ2n) is 4.97. The number of rotatable bonds is 1. The number of aryl methyl sites for hydroxylation is 1. The van der Waals surface area contributed by atoms with Crippen LogP contribution in [0.25, 0.3) is 0 Å². The molecule has 0 saturated carbocycles. The van der Waals surface area contributed by atoms with Crippen LogP contribution in [0.1, 0.15) is 37.9 Å². The van der Waals surface area contributed by atoms with Gasteiger partial charge >= 0.3 is 0 Å². The zero-order chi connectivity index (χ0) is 10.9. The van der Waals surface area contributed by atoms with E-state index in [-0.39, 0.29) is 5.41 Å². The van der Waals surface area contributed by atoms with Crippen molar-refractivity contribution in [3.8, 4) is 0 Å². The largest absolute Gasteiger partial charge is 0.383 e. The first-order valence-electron chi connectivity index (χ1n) is 4.89. The van der Waals surface area contributed by atoms with Gasteiger partial charge < -0.3 is 5.73 Å². The van der Waals surface area contributed by atoms with Crippen LogP contribution in [0, 0.1) is 19.3 Å². The number of nitrogen functional groups attached to an aromatic ring is 1. The molecule has 0 aliphatic carbocycles. The van der Waals surface area contributed by atoms with Crippen molar-refractivity contribution in [2.45, 2.75) is 41.0 Å². The van der Waals surface area contributed by atoms with E-state index < -0.39 is 0 Å². The lowest BCUT2D eigenvalue weighted by Crippen LogP contribution is -2.14. The average molecular weight is 193 g/mol. The number of aromatic nitrogens is 2. The Morgan fingerprint density at radius 1 is 1.14 bits per heavy atom. The van der Waals surface area contributed by atoms with E-state index in [9.17, 15) is 0 Å². The van der Waals surface area contributed by atoms with Gasteiger partial charge in [0, 0.05) is 17.7 Å². The Morgan fingerprint density at radius 3 is 2.14 bits per heavy atom. The zero-order valence-electron chi connectivity index (χ0n) is 9.68. The van der Waals surface area contributed by atoms with Gasteiger partial charge in [-0.25, -0.2) is 9.97 Å². The fourth-order valence-corrected chi connectivity index (χ4v) is 1.26. The Kier molecular flexibility index (Phi) is 2.79. The summed E-state index contributed by atoms with van der Waals surface area (Å²) in [5.41, 5.74) is 7.96. The molecule has 1 aromatic rings. The zero-order valence-corrected chi connectivity index (χ0v) is 9.68. The van der Waals surface area contributed by atoms with Gasteiger partial charge in [0.05, 0.1) is 0 Å². The van der Waals surface area contributed by atoms with Gasteiger partial charge in [0.1, 0.15) is 11.6 Å². The lowest BCUT2D eigenvalue weighted by Gasteiger charge is -2.17. The van der Waals surface area contributed by atoms with Gasteiger partial charge in [-0.2, -0.15) is 0 Å². The highest BCUT2D eigenvalue weighted by Crippen LogP contribution is 2.20. The van der Waals surface area contributed by atoms with Crippen LogP contribution in [0.4, 0.5) is 5.82 Å². The van der Waals surface area contributed by atoms with E-state index >= 15 is 0 Å². The summed E-state index contributed by atoms with van der Waals surface area (Å²) in [5, 5.41) is 0. The lowest BCUT2D eigenvalue weighted by molar-refractivity contribution is 0.400. The fraction of sp³-hybridized carbons (Fsp3) is 0.636. The smallest absolute Gasteiger partial charge is 0.131 e. The predicted octanol–water partition coefficient (Wildman–Crippen LogP) is 2.26. The highest BCUT2D eigenvalue weighted by molar-refractivity contribution is 5.40. The normalized spacial score (nSPS) is 11.8. The third-order valence-electron chi connectivity index (χ3n) is 2.16. The Balaban J connectivity index is 3.02. The molecule has 0 amide bonds. The van der Waals surface area contributed by atoms with Crippen LogP contribution in [0.2, 0.25) is 0 Å². The molecule has 0 spiro atoms. The Morgan fingerprint density at radius 2 is 1.71 bits per heavy atom. The van der Waals surface area contributed by atoms with Crippen molar-refractivity contribution >= 4 is 5.82 Å². The number of nitrogens with two attached hydrogens (primary N) is 1. The molecule has 0 aromatic carbocycles. The second-order valence-corrected chi connectivity index (χ2v) is 4.97. The van der Waals surface area contributed by atoms with E-state index in [0.717, 1.165) is 23.5 Å². The quantitative estimate of drug-likeness (QED) is 0.744. The molecule has 78 valence electrons. The summed E-state index contributed by atoms with van der Waals surface area (Å²) in [6.45, 7) is 10.4. The molecule has 3 heteroatoms. The molecule has 0 saturated heterocycles. The molecule has 0 bridgehead atoms. The molecule has 0 fully saturated rings. The summed E-state index contributed by atoms with van der Waals surface area (Å²) >= 11 is 0. The van der Waals surface area contributed by atoms with Crippen molar-refractivity contribution in [2.24, 2.45) is 5.41 Å². The third kappa shape index (κ3) is 2.69. The molecule has 1 heterocycles. The first-order valence-corrected chi connectivity index (χ1v) is 4.89. The molecular weight excluding hydrogens is 174 g/mol. The topological polar surface area (TPSA) is 51.8 Å². The van der Waals surface area contributed by atoms with E-state index in [1.165, 1.54) is 0 Å². The molecule has 0 aliphatic rings. The van der Waals surface area contributed by atoms with Crippen LogP contribution >= 0.6 is 0 Å². The van der Waals surface area contributed by atoms with Gasteiger partial charge in [0.15, 0.2) is 0 Å². The Labute approximate surface area is 85.8 Å². The van der Waals surface area contributed by atoms with Crippen LogP contribution in [0.3, 0.4) is 0 Å². The minimum Gasteiger partial charge on any atom is -0.383 e.